The summed E-state index contributed by atoms with van der Waals surface area (Å²) in [5.74, 6) is 0.0265. The van der Waals surface area contributed by atoms with Crippen molar-refractivity contribution in [3.05, 3.63) is 71.2 Å². The number of aromatic nitrogens is 1. The molecule has 4 nitrogen and oxygen atoms in total. The standard InChI is InChI=1S/C19H17FN2O2/c1-12-3-4-13(2)17(9-12)21-19(23)11-16-10-18(24-22-16)14-5-7-15(20)8-6-14/h3-10H,11H2,1-2H3,(H,21,23). The predicted octanol–water partition coefficient (Wildman–Crippen LogP) is 4.28. The van der Waals surface area contributed by atoms with Gasteiger partial charge in [-0.25, -0.2) is 4.39 Å². The van der Waals surface area contributed by atoms with Crippen LogP contribution in [0.2, 0.25) is 0 Å². The van der Waals surface area contributed by atoms with Crippen LogP contribution in [0.15, 0.2) is 53.1 Å². The molecule has 0 spiro atoms. The topological polar surface area (TPSA) is 55.1 Å². The Morgan fingerprint density at radius 2 is 1.88 bits per heavy atom. The summed E-state index contributed by atoms with van der Waals surface area (Å²) >= 11 is 0. The average Bonchev–Trinajstić information content (AvgIpc) is 3.00. The number of halogens is 1. The maximum Gasteiger partial charge on any atom is 0.230 e. The number of hydrogen-bond donors (Lipinski definition) is 1. The molecule has 5 heteroatoms. The van der Waals surface area contributed by atoms with Crippen molar-refractivity contribution in [2.75, 3.05) is 5.32 Å². The first-order chi connectivity index (χ1) is 11.5. The Morgan fingerprint density at radius 3 is 2.62 bits per heavy atom. The van der Waals surface area contributed by atoms with E-state index in [1.165, 1.54) is 12.1 Å². The van der Waals surface area contributed by atoms with Gasteiger partial charge in [0.15, 0.2) is 5.76 Å². The molecule has 1 heterocycles. The highest BCUT2D eigenvalue weighted by molar-refractivity contribution is 5.92. The lowest BCUT2D eigenvalue weighted by molar-refractivity contribution is -0.115. The molecule has 0 radical (unpaired) electrons. The summed E-state index contributed by atoms with van der Waals surface area (Å²) in [4.78, 5) is 12.2. The van der Waals surface area contributed by atoms with E-state index in [-0.39, 0.29) is 18.1 Å². The van der Waals surface area contributed by atoms with Gasteiger partial charge in [-0.1, -0.05) is 17.3 Å². The van der Waals surface area contributed by atoms with Crippen LogP contribution in [0.3, 0.4) is 0 Å². The van der Waals surface area contributed by atoms with E-state index in [1.807, 2.05) is 32.0 Å². The zero-order valence-electron chi connectivity index (χ0n) is 13.5. The van der Waals surface area contributed by atoms with Crippen LogP contribution in [0.25, 0.3) is 11.3 Å². The number of nitrogens with zero attached hydrogens (tertiary/aromatic N) is 1. The van der Waals surface area contributed by atoms with Crippen LogP contribution >= 0.6 is 0 Å². The molecule has 3 aromatic rings. The number of carbonyl (C=O) groups excluding carboxylic acids is 1. The molecule has 0 saturated heterocycles. The lowest BCUT2D eigenvalue weighted by atomic mass is 10.1. The van der Waals surface area contributed by atoms with E-state index >= 15 is 0 Å². The first-order valence-corrected chi connectivity index (χ1v) is 7.60. The van der Waals surface area contributed by atoms with Crippen molar-refractivity contribution in [1.82, 2.24) is 5.16 Å². The molecule has 0 saturated carbocycles. The molecule has 0 atom stereocenters. The van der Waals surface area contributed by atoms with Gasteiger partial charge in [0.2, 0.25) is 5.91 Å². The lowest BCUT2D eigenvalue weighted by Gasteiger charge is -2.08. The van der Waals surface area contributed by atoms with E-state index in [0.29, 0.717) is 17.0 Å². The Bertz CT molecular complexity index is 869. The van der Waals surface area contributed by atoms with Crippen molar-refractivity contribution in [2.45, 2.75) is 20.3 Å². The van der Waals surface area contributed by atoms with E-state index in [1.54, 1.807) is 18.2 Å². The summed E-state index contributed by atoms with van der Waals surface area (Å²) < 4.78 is 18.2. The molecule has 0 aliphatic carbocycles. The third kappa shape index (κ3) is 3.68. The average molecular weight is 324 g/mol. The number of aryl methyl sites for hydroxylation is 2. The minimum Gasteiger partial charge on any atom is -0.356 e. The number of benzene rings is 2. The van der Waals surface area contributed by atoms with E-state index in [2.05, 4.69) is 10.5 Å². The molecular weight excluding hydrogens is 307 g/mol. The van der Waals surface area contributed by atoms with Crippen LogP contribution in [0, 0.1) is 19.7 Å². The minimum atomic E-state index is -0.314. The molecule has 3 rings (SSSR count). The number of nitrogens with one attached hydrogen (secondary N) is 1. The Balaban J connectivity index is 1.69. The van der Waals surface area contributed by atoms with Crippen LogP contribution in [0.4, 0.5) is 10.1 Å². The van der Waals surface area contributed by atoms with Gasteiger partial charge in [0.05, 0.1) is 12.1 Å². The summed E-state index contributed by atoms with van der Waals surface area (Å²) in [6.45, 7) is 3.92. The Hall–Kier alpha value is -2.95. The van der Waals surface area contributed by atoms with E-state index in [0.717, 1.165) is 16.8 Å². The van der Waals surface area contributed by atoms with Crippen molar-refractivity contribution < 1.29 is 13.7 Å². The van der Waals surface area contributed by atoms with Gasteiger partial charge >= 0.3 is 0 Å². The van der Waals surface area contributed by atoms with Crippen molar-refractivity contribution in [2.24, 2.45) is 0 Å². The fraction of sp³-hybridized carbons (Fsp3) is 0.158. The quantitative estimate of drug-likeness (QED) is 0.779. The predicted molar refractivity (Wildman–Crippen MR) is 90.1 cm³/mol. The first-order valence-electron chi connectivity index (χ1n) is 7.60. The first kappa shape index (κ1) is 15.9. The third-order valence-corrected chi connectivity index (χ3v) is 3.70. The lowest BCUT2D eigenvalue weighted by Crippen LogP contribution is -2.15. The molecule has 24 heavy (non-hydrogen) atoms. The largest absolute Gasteiger partial charge is 0.356 e. The zero-order chi connectivity index (χ0) is 17.1. The molecule has 0 aliphatic heterocycles. The fourth-order valence-electron chi connectivity index (χ4n) is 2.37. The summed E-state index contributed by atoms with van der Waals surface area (Å²) in [6, 6.07) is 13.5. The molecule has 1 N–H and O–H groups in total. The van der Waals surface area contributed by atoms with Crippen molar-refractivity contribution in [1.29, 1.82) is 0 Å². The molecular formula is C19H17FN2O2. The van der Waals surface area contributed by atoms with Gasteiger partial charge in [-0.2, -0.15) is 0 Å². The van der Waals surface area contributed by atoms with Gasteiger partial charge in [0, 0.05) is 17.3 Å². The van der Waals surface area contributed by atoms with Crippen LogP contribution in [0.5, 0.6) is 0 Å². The maximum absolute atomic E-state index is 12.9. The number of carbonyl (C=O) groups is 1. The van der Waals surface area contributed by atoms with E-state index in [4.69, 9.17) is 4.52 Å². The van der Waals surface area contributed by atoms with Crippen LogP contribution < -0.4 is 5.32 Å². The molecule has 0 aliphatic rings. The monoisotopic (exact) mass is 324 g/mol. The number of anilines is 1. The molecule has 0 unspecified atom stereocenters. The molecule has 1 amide bonds. The zero-order valence-corrected chi connectivity index (χ0v) is 13.5. The Morgan fingerprint density at radius 1 is 1.12 bits per heavy atom. The normalized spacial score (nSPS) is 10.6. The third-order valence-electron chi connectivity index (χ3n) is 3.70. The van der Waals surface area contributed by atoms with Crippen molar-refractivity contribution in [3.8, 4) is 11.3 Å². The summed E-state index contributed by atoms with van der Waals surface area (Å²) in [5, 5.41) is 6.79. The highest BCUT2D eigenvalue weighted by Crippen LogP contribution is 2.21. The summed E-state index contributed by atoms with van der Waals surface area (Å²) in [6.07, 6.45) is 0.109. The highest BCUT2D eigenvalue weighted by atomic mass is 19.1. The number of hydrogen-bond acceptors (Lipinski definition) is 3. The van der Waals surface area contributed by atoms with Gasteiger partial charge < -0.3 is 9.84 Å². The highest BCUT2D eigenvalue weighted by Gasteiger charge is 2.12. The van der Waals surface area contributed by atoms with Gasteiger partial charge in [-0.05, 0) is 55.3 Å². The van der Waals surface area contributed by atoms with Gasteiger partial charge in [-0.3, -0.25) is 4.79 Å². The molecule has 1 aromatic heterocycles. The van der Waals surface area contributed by atoms with E-state index < -0.39 is 0 Å². The van der Waals surface area contributed by atoms with Crippen LogP contribution in [-0.2, 0) is 11.2 Å². The molecule has 0 bridgehead atoms. The van der Waals surface area contributed by atoms with Gasteiger partial charge in [-0.15, -0.1) is 0 Å². The van der Waals surface area contributed by atoms with E-state index in [9.17, 15) is 9.18 Å². The maximum atomic E-state index is 12.9. The minimum absolute atomic E-state index is 0.109. The molecule has 2 aromatic carbocycles. The van der Waals surface area contributed by atoms with Crippen molar-refractivity contribution >= 4 is 11.6 Å². The second-order valence-electron chi connectivity index (χ2n) is 5.73. The Kier molecular flexibility index (Phi) is 4.42. The second kappa shape index (κ2) is 6.66. The second-order valence-corrected chi connectivity index (χ2v) is 5.73. The SMILES string of the molecule is Cc1ccc(C)c(NC(=O)Cc2cc(-c3ccc(F)cc3)on2)c1. The summed E-state index contributed by atoms with van der Waals surface area (Å²) in [7, 11) is 0. The van der Waals surface area contributed by atoms with Crippen LogP contribution in [-0.4, -0.2) is 11.1 Å². The number of amides is 1. The molecule has 122 valence electrons. The smallest absolute Gasteiger partial charge is 0.230 e. The van der Waals surface area contributed by atoms with Gasteiger partial charge in [0.1, 0.15) is 5.82 Å². The number of rotatable bonds is 4. The molecule has 0 fully saturated rings. The van der Waals surface area contributed by atoms with Crippen LogP contribution in [0.1, 0.15) is 16.8 Å². The Labute approximate surface area is 139 Å². The van der Waals surface area contributed by atoms with Crippen molar-refractivity contribution in [3.63, 3.8) is 0 Å². The van der Waals surface area contributed by atoms with Gasteiger partial charge in [0.25, 0.3) is 0 Å². The fourth-order valence-corrected chi connectivity index (χ4v) is 2.37. The summed E-state index contributed by atoms with van der Waals surface area (Å²) in [5.41, 5.74) is 4.11.